The summed E-state index contributed by atoms with van der Waals surface area (Å²) in [5, 5.41) is 0. The third-order valence-electron chi connectivity index (χ3n) is 4.53. The Balaban J connectivity index is 1.78. The lowest BCUT2D eigenvalue weighted by Gasteiger charge is -2.27. The van der Waals surface area contributed by atoms with Gasteiger partial charge in [0.05, 0.1) is 12.8 Å². The molecule has 0 aliphatic heterocycles. The van der Waals surface area contributed by atoms with E-state index in [0.29, 0.717) is 12.3 Å². The van der Waals surface area contributed by atoms with Crippen LogP contribution in [0.3, 0.4) is 0 Å². The van der Waals surface area contributed by atoms with Crippen molar-refractivity contribution in [1.29, 1.82) is 0 Å². The maximum atomic E-state index is 13.5. The van der Waals surface area contributed by atoms with Gasteiger partial charge in [-0.25, -0.2) is 4.39 Å². The molecule has 5 nitrogen and oxygen atoms in total. The lowest BCUT2D eigenvalue weighted by Crippen LogP contribution is -2.42. The van der Waals surface area contributed by atoms with Crippen LogP contribution in [0.15, 0.2) is 90.1 Å². The van der Waals surface area contributed by atoms with Crippen molar-refractivity contribution in [1.82, 2.24) is 9.80 Å². The first-order valence-corrected chi connectivity index (χ1v) is 9.56. The second-order valence-corrected chi connectivity index (χ2v) is 6.80. The molecule has 0 atom stereocenters. The molecule has 1 heterocycles. The van der Waals surface area contributed by atoms with Crippen LogP contribution in [0, 0.1) is 5.82 Å². The van der Waals surface area contributed by atoms with E-state index in [1.807, 2.05) is 30.3 Å². The Labute approximate surface area is 175 Å². The Morgan fingerprint density at radius 1 is 0.967 bits per heavy atom. The molecular formula is C24H23FN2O3. The van der Waals surface area contributed by atoms with Crippen LogP contribution in [-0.4, -0.2) is 34.7 Å². The van der Waals surface area contributed by atoms with Gasteiger partial charge in [-0.15, -0.1) is 6.58 Å². The summed E-state index contributed by atoms with van der Waals surface area (Å²) in [6.07, 6.45) is 3.09. The van der Waals surface area contributed by atoms with Gasteiger partial charge in [-0.05, 0) is 35.9 Å². The normalized spacial score (nSPS) is 10.4. The molecule has 6 heteroatoms. The molecule has 0 unspecified atom stereocenters. The molecule has 0 bridgehead atoms. The molecule has 1 aromatic heterocycles. The topological polar surface area (TPSA) is 53.8 Å². The molecule has 0 aliphatic rings. The fourth-order valence-electron chi connectivity index (χ4n) is 3.07. The quantitative estimate of drug-likeness (QED) is 0.499. The molecule has 154 valence electrons. The van der Waals surface area contributed by atoms with Crippen LogP contribution in [0.5, 0.6) is 0 Å². The fourth-order valence-corrected chi connectivity index (χ4v) is 3.07. The van der Waals surface area contributed by atoms with Crippen molar-refractivity contribution in [2.75, 3.05) is 13.1 Å². The van der Waals surface area contributed by atoms with Crippen molar-refractivity contribution >= 4 is 11.8 Å². The summed E-state index contributed by atoms with van der Waals surface area (Å²) < 4.78 is 18.9. The van der Waals surface area contributed by atoms with Crippen LogP contribution in [-0.2, 0) is 17.9 Å². The van der Waals surface area contributed by atoms with Gasteiger partial charge in [0.25, 0.3) is 5.91 Å². The van der Waals surface area contributed by atoms with Gasteiger partial charge in [-0.1, -0.05) is 42.5 Å². The van der Waals surface area contributed by atoms with E-state index in [2.05, 4.69) is 6.58 Å². The van der Waals surface area contributed by atoms with Gasteiger partial charge in [0.2, 0.25) is 5.91 Å². The van der Waals surface area contributed by atoms with E-state index >= 15 is 0 Å². The summed E-state index contributed by atoms with van der Waals surface area (Å²) in [6, 6.07) is 18.6. The summed E-state index contributed by atoms with van der Waals surface area (Å²) in [5.41, 5.74) is 1.15. The van der Waals surface area contributed by atoms with Crippen LogP contribution in [0.2, 0.25) is 0 Å². The predicted octanol–water partition coefficient (Wildman–Crippen LogP) is 4.28. The Bertz CT molecular complexity index is 987. The van der Waals surface area contributed by atoms with Crippen molar-refractivity contribution in [3.05, 3.63) is 108 Å². The molecule has 0 aliphatic carbocycles. The average Bonchev–Trinajstić information content (AvgIpc) is 3.26. The lowest BCUT2D eigenvalue weighted by atomic mass is 10.2. The highest BCUT2D eigenvalue weighted by atomic mass is 19.1. The number of carbonyl (C=O) groups is 2. The average molecular weight is 406 g/mol. The third-order valence-corrected chi connectivity index (χ3v) is 4.53. The SMILES string of the molecule is C=CCN(CC(=O)N(Cc1ccccc1)Cc1ccco1)C(=O)c1cccc(F)c1. The van der Waals surface area contributed by atoms with Gasteiger partial charge < -0.3 is 14.2 Å². The number of amides is 2. The molecule has 2 aromatic carbocycles. The van der Waals surface area contributed by atoms with E-state index in [9.17, 15) is 14.0 Å². The summed E-state index contributed by atoms with van der Waals surface area (Å²) in [7, 11) is 0. The molecule has 30 heavy (non-hydrogen) atoms. The maximum Gasteiger partial charge on any atom is 0.254 e. The summed E-state index contributed by atoms with van der Waals surface area (Å²) in [5.74, 6) is -0.539. The predicted molar refractivity (Wildman–Crippen MR) is 112 cm³/mol. The number of rotatable bonds is 9. The van der Waals surface area contributed by atoms with Crippen LogP contribution in [0.4, 0.5) is 4.39 Å². The Kier molecular flexibility index (Phi) is 7.16. The van der Waals surface area contributed by atoms with E-state index in [1.165, 1.54) is 23.1 Å². The minimum atomic E-state index is -0.505. The second kappa shape index (κ2) is 10.2. The van der Waals surface area contributed by atoms with Crippen molar-refractivity contribution in [3.63, 3.8) is 0 Å². The number of halogens is 1. The summed E-state index contributed by atoms with van der Waals surface area (Å²) in [6.45, 7) is 4.32. The number of carbonyl (C=O) groups excluding carboxylic acids is 2. The first-order chi connectivity index (χ1) is 14.6. The number of hydrogen-bond acceptors (Lipinski definition) is 3. The fraction of sp³-hybridized carbons (Fsp3) is 0.167. The maximum absolute atomic E-state index is 13.5. The number of hydrogen-bond donors (Lipinski definition) is 0. The lowest BCUT2D eigenvalue weighted by molar-refractivity contribution is -0.133. The van der Waals surface area contributed by atoms with Crippen LogP contribution >= 0.6 is 0 Å². The summed E-state index contributed by atoms with van der Waals surface area (Å²) >= 11 is 0. The van der Waals surface area contributed by atoms with Gasteiger partial charge >= 0.3 is 0 Å². The molecule has 0 fully saturated rings. The molecule has 3 aromatic rings. The molecule has 0 radical (unpaired) electrons. The first-order valence-electron chi connectivity index (χ1n) is 9.56. The van der Waals surface area contributed by atoms with E-state index in [-0.39, 0.29) is 31.1 Å². The third kappa shape index (κ3) is 5.67. The van der Waals surface area contributed by atoms with Crippen molar-refractivity contribution in [2.45, 2.75) is 13.1 Å². The number of nitrogens with zero attached hydrogens (tertiary/aromatic N) is 2. The molecule has 3 rings (SSSR count). The standard InChI is InChI=1S/C24H23FN2O3/c1-2-13-26(24(29)20-10-6-11-21(25)15-20)18-23(28)27(17-22-12-7-14-30-22)16-19-8-4-3-5-9-19/h2-12,14-15H,1,13,16-18H2. The van der Waals surface area contributed by atoms with Crippen molar-refractivity contribution in [3.8, 4) is 0 Å². The van der Waals surface area contributed by atoms with E-state index in [4.69, 9.17) is 4.42 Å². The second-order valence-electron chi connectivity index (χ2n) is 6.80. The minimum Gasteiger partial charge on any atom is -0.467 e. The smallest absolute Gasteiger partial charge is 0.254 e. The Morgan fingerprint density at radius 3 is 2.43 bits per heavy atom. The largest absolute Gasteiger partial charge is 0.467 e. The number of furan rings is 1. The van der Waals surface area contributed by atoms with Gasteiger partial charge in [-0.2, -0.15) is 0 Å². The summed E-state index contributed by atoms with van der Waals surface area (Å²) in [4.78, 5) is 29.0. The van der Waals surface area contributed by atoms with Crippen molar-refractivity contribution in [2.24, 2.45) is 0 Å². The number of benzene rings is 2. The highest BCUT2D eigenvalue weighted by molar-refractivity contribution is 5.96. The van der Waals surface area contributed by atoms with E-state index in [0.717, 1.165) is 11.6 Å². The monoisotopic (exact) mass is 406 g/mol. The van der Waals surface area contributed by atoms with Crippen LogP contribution < -0.4 is 0 Å². The zero-order valence-corrected chi connectivity index (χ0v) is 16.5. The van der Waals surface area contributed by atoms with Crippen LogP contribution in [0.1, 0.15) is 21.7 Å². The van der Waals surface area contributed by atoms with E-state index in [1.54, 1.807) is 29.4 Å². The molecule has 2 amide bonds. The van der Waals surface area contributed by atoms with Gasteiger partial charge in [-0.3, -0.25) is 9.59 Å². The van der Waals surface area contributed by atoms with Gasteiger partial charge in [0, 0.05) is 18.7 Å². The molecule has 0 saturated carbocycles. The first kappa shape index (κ1) is 21.0. The Morgan fingerprint density at radius 2 is 1.77 bits per heavy atom. The zero-order chi connectivity index (χ0) is 21.3. The van der Waals surface area contributed by atoms with Crippen molar-refractivity contribution < 1.29 is 18.4 Å². The Hall–Kier alpha value is -3.67. The molecular weight excluding hydrogens is 383 g/mol. The molecule has 0 spiro atoms. The minimum absolute atomic E-state index is 0.158. The zero-order valence-electron chi connectivity index (χ0n) is 16.5. The van der Waals surface area contributed by atoms with E-state index < -0.39 is 11.7 Å². The molecule has 0 N–H and O–H groups in total. The van der Waals surface area contributed by atoms with Gasteiger partial charge in [0.15, 0.2) is 0 Å². The molecule has 0 saturated heterocycles. The van der Waals surface area contributed by atoms with Gasteiger partial charge in [0.1, 0.15) is 18.1 Å². The highest BCUT2D eigenvalue weighted by Crippen LogP contribution is 2.13. The van der Waals surface area contributed by atoms with Crippen LogP contribution in [0.25, 0.3) is 0 Å². The highest BCUT2D eigenvalue weighted by Gasteiger charge is 2.23.